The predicted octanol–water partition coefficient (Wildman–Crippen LogP) is 2.77. The fourth-order valence-electron chi connectivity index (χ4n) is 2.28. The highest BCUT2D eigenvalue weighted by Crippen LogP contribution is 2.18. The van der Waals surface area contributed by atoms with E-state index in [9.17, 15) is 0 Å². The Labute approximate surface area is 115 Å². The first-order valence-corrected chi connectivity index (χ1v) is 7.00. The van der Waals surface area contributed by atoms with Gasteiger partial charge in [-0.05, 0) is 31.4 Å². The van der Waals surface area contributed by atoms with Gasteiger partial charge in [-0.3, -0.25) is 0 Å². The van der Waals surface area contributed by atoms with Crippen molar-refractivity contribution < 1.29 is 9.47 Å². The van der Waals surface area contributed by atoms with Gasteiger partial charge >= 0.3 is 0 Å². The minimum atomic E-state index is 0.552. The molecule has 0 amide bonds. The van der Waals surface area contributed by atoms with Crippen LogP contribution in [0.25, 0.3) is 0 Å². The molecule has 1 fully saturated rings. The summed E-state index contributed by atoms with van der Waals surface area (Å²) in [5, 5.41) is 3.48. The van der Waals surface area contributed by atoms with Gasteiger partial charge in [-0.15, -0.1) is 0 Å². The molecule has 0 aromatic heterocycles. The van der Waals surface area contributed by atoms with Crippen molar-refractivity contribution in [2.75, 3.05) is 26.4 Å². The van der Waals surface area contributed by atoms with E-state index in [0.717, 1.165) is 38.0 Å². The van der Waals surface area contributed by atoms with Gasteiger partial charge in [0.2, 0.25) is 0 Å². The Balaban J connectivity index is 1.73. The van der Waals surface area contributed by atoms with E-state index in [0.29, 0.717) is 6.61 Å². The van der Waals surface area contributed by atoms with Crippen LogP contribution < -0.4 is 10.1 Å². The summed E-state index contributed by atoms with van der Waals surface area (Å²) < 4.78 is 11.0. The number of hydrogen-bond donors (Lipinski definition) is 1. The number of para-hydroxylation sites is 1. The molecule has 1 aromatic rings. The SMILES string of the molecule is C=CCOc1ccccc1CNCCC1CCOC1. The lowest BCUT2D eigenvalue weighted by molar-refractivity contribution is 0.184. The first-order valence-electron chi connectivity index (χ1n) is 7.00. The molecule has 0 radical (unpaired) electrons. The smallest absolute Gasteiger partial charge is 0.124 e. The standard InChI is InChI=1S/C16H23NO2/c1-2-10-19-16-6-4-3-5-15(16)12-17-9-7-14-8-11-18-13-14/h2-6,14,17H,1,7-13H2. The molecule has 0 aliphatic carbocycles. The summed E-state index contributed by atoms with van der Waals surface area (Å²) in [7, 11) is 0. The average Bonchev–Trinajstić information content (AvgIpc) is 2.95. The van der Waals surface area contributed by atoms with E-state index in [4.69, 9.17) is 9.47 Å². The zero-order valence-electron chi connectivity index (χ0n) is 11.4. The maximum absolute atomic E-state index is 5.64. The fraction of sp³-hybridized carbons (Fsp3) is 0.500. The lowest BCUT2D eigenvalue weighted by atomic mass is 10.1. The Morgan fingerprint density at radius 2 is 2.32 bits per heavy atom. The van der Waals surface area contributed by atoms with Crippen LogP contribution in [-0.2, 0) is 11.3 Å². The maximum atomic E-state index is 5.64. The summed E-state index contributed by atoms with van der Waals surface area (Å²) >= 11 is 0. The second kappa shape index (κ2) is 7.97. The third-order valence-corrected chi connectivity index (χ3v) is 3.40. The maximum Gasteiger partial charge on any atom is 0.124 e. The molecule has 1 atom stereocenters. The van der Waals surface area contributed by atoms with Crippen molar-refractivity contribution in [3.63, 3.8) is 0 Å². The Kier molecular flexibility index (Phi) is 5.92. The molecular weight excluding hydrogens is 238 g/mol. The van der Waals surface area contributed by atoms with Gasteiger partial charge in [-0.2, -0.15) is 0 Å². The number of rotatable bonds is 8. The number of nitrogens with one attached hydrogen (secondary N) is 1. The van der Waals surface area contributed by atoms with Gasteiger partial charge in [-0.25, -0.2) is 0 Å². The summed E-state index contributed by atoms with van der Waals surface area (Å²) in [5.41, 5.74) is 1.20. The second-order valence-electron chi connectivity index (χ2n) is 4.90. The van der Waals surface area contributed by atoms with E-state index in [1.807, 2.05) is 18.2 Å². The van der Waals surface area contributed by atoms with Crippen LogP contribution in [-0.4, -0.2) is 26.4 Å². The largest absolute Gasteiger partial charge is 0.489 e. The van der Waals surface area contributed by atoms with Crippen LogP contribution in [0.3, 0.4) is 0 Å². The van der Waals surface area contributed by atoms with Crippen molar-refractivity contribution in [2.45, 2.75) is 19.4 Å². The quantitative estimate of drug-likeness (QED) is 0.576. The van der Waals surface area contributed by atoms with Gasteiger partial charge < -0.3 is 14.8 Å². The van der Waals surface area contributed by atoms with Crippen LogP contribution >= 0.6 is 0 Å². The molecular formula is C16H23NO2. The number of ether oxygens (including phenoxy) is 2. The fourth-order valence-corrected chi connectivity index (χ4v) is 2.28. The van der Waals surface area contributed by atoms with E-state index in [1.54, 1.807) is 6.08 Å². The summed E-state index contributed by atoms with van der Waals surface area (Å²) in [5.74, 6) is 1.68. The summed E-state index contributed by atoms with van der Waals surface area (Å²) in [6, 6.07) is 8.15. The van der Waals surface area contributed by atoms with E-state index >= 15 is 0 Å². The Morgan fingerprint density at radius 3 is 3.11 bits per heavy atom. The predicted molar refractivity (Wildman–Crippen MR) is 77.4 cm³/mol. The Morgan fingerprint density at radius 1 is 1.42 bits per heavy atom. The summed E-state index contributed by atoms with van der Waals surface area (Å²) in [4.78, 5) is 0. The van der Waals surface area contributed by atoms with Crippen LogP contribution in [0.5, 0.6) is 5.75 Å². The zero-order valence-corrected chi connectivity index (χ0v) is 11.4. The molecule has 3 nitrogen and oxygen atoms in total. The lowest BCUT2D eigenvalue weighted by Gasteiger charge is -2.12. The van der Waals surface area contributed by atoms with Crippen LogP contribution in [0.1, 0.15) is 18.4 Å². The molecule has 1 aliphatic rings. The van der Waals surface area contributed by atoms with Gasteiger partial charge in [0.15, 0.2) is 0 Å². The molecule has 1 unspecified atom stereocenters. The number of benzene rings is 1. The minimum absolute atomic E-state index is 0.552. The zero-order chi connectivity index (χ0) is 13.3. The van der Waals surface area contributed by atoms with Gasteiger partial charge in [0, 0.05) is 25.3 Å². The van der Waals surface area contributed by atoms with E-state index < -0.39 is 0 Å². The first-order chi connectivity index (χ1) is 9.40. The Bertz CT molecular complexity index is 386. The molecule has 0 saturated carbocycles. The minimum Gasteiger partial charge on any atom is -0.489 e. The molecule has 3 heteroatoms. The highest BCUT2D eigenvalue weighted by molar-refractivity contribution is 5.33. The number of hydrogen-bond acceptors (Lipinski definition) is 3. The van der Waals surface area contributed by atoms with Crippen molar-refractivity contribution in [3.8, 4) is 5.75 Å². The van der Waals surface area contributed by atoms with Gasteiger partial charge in [-0.1, -0.05) is 30.9 Å². The van der Waals surface area contributed by atoms with Crippen LogP contribution in [0.15, 0.2) is 36.9 Å². The highest BCUT2D eigenvalue weighted by Gasteiger charge is 2.14. The van der Waals surface area contributed by atoms with Crippen molar-refractivity contribution in [2.24, 2.45) is 5.92 Å². The monoisotopic (exact) mass is 261 g/mol. The second-order valence-corrected chi connectivity index (χ2v) is 4.90. The summed E-state index contributed by atoms with van der Waals surface area (Å²) in [6.45, 7) is 7.97. The van der Waals surface area contributed by atoms with Crippen molar-refractivity contribution >= 4 is 0 Å². The molecule has 19 heavy (non-hydrogen) atoms. The van der Waals surface area contributed by atoms with E-state index in [-0.39, 0.29) is 0 Å². The van der Waals surface area contributed by atoms with Crippen molar-refractivity contribution in [3.05, 3.63) is 42.5 Å². The molecule has 1 saturated heterocycles. The molecule has 1 aromatic carbocycles. The average molecular weight is 261 g/mol. The highest BCUT2D eigenvalue weighted by atomic mass is 16.5. The van der Waals surface area contributed by atoms with Crippen LogP contribution in [0.4, 0.5) is 0 Å². The third-order valence-electron chi connectivity index (χ3n) is 3.40. The van der Waals surface area contributed by atoms with E-state index in [2.05, 4.69) is 18.0 Å². The molecule has 104 valence electrons. The normalized spacial score (nSPS) is 18.4. The molecule has 1 N–H and O–H groups in total. The topological polar surface area (TPSA) is 30.5 Å². The van der Waals surface area contributed by atoms with E-state index in [1.165, 1.54) is 18.4 Å². The van der Waals surface area contributed by atoms with Crippen molar-refractivity contribution in [1.82, 2.24) is 5.32 Å². The molecule has 0 bridgehead atoms. The molecule has 1 heterocycles. The third kappa shape index (κ3) is 4.69. The molecule has 2 rings (SSSR count). The molecule has 0 spiro atoms. The van der Waals surface area contributed by atoms with Gasteiger partial charge in [0.25, 0.3) is 0 Å². The summed E-state index contributed by atoms with van der Waals surface area (Å²) in [6.07, 6.45) is 4.17. The lowest BCUT2D eigenvalue weighted by Crippen LogP contribution is -2.18. The first kappa shape index (κ1) is 14.1. The van der Waals surface area contributed by atoms with Crippen molar-refractivity contribution in [1.29, 1.82) is 0 Å². The van der Waals surface area contributed by atoms with Crippen LogP contribution in [0, 0.1) is 5.92 Å². The Hall–Kier alpha value is -1.32. The van der Waals surface area contributed by atoms with Gasteiger partial charge in [0.05, 0.1) is 0 Å². The van der Waals surface area contributed by atoms with Crippen LogP contribution in [0.2, 0.25) is 0 Å². The molecule has 1 aliphatic heterocycles. The van der Waals surface area contributed by atoms with Gasteiger partial charge in [0.1, 0.15) is 12.4 Å².